The quantitative estimate of drug-likeness (QED) is 0.382. The average Bonchev–Trinajstić information content (AvgIpc) is 2.47. The monoisotopic (exact) mass is 350 g/mol. The lowest BCUT2D eigenvalue weighted by atomic mass is 9.76. The summed E-state index contributed by atoms with van der Waals surface area (Å²) in [6.45, 7) is 4.80. The lowest BCUT2D eigenvalue weighted by molar-refractivity contribution is -0.0461. The zero-order valence-corrected chi connectivity index (χ0v) is 13.5. The van der Waals surface area contributed by atoms with Crippen LogP contribution < -0.4 is 0 Å². The van der Waals surface area contributed by atoms with E-state index in [1.807, 2.05) is 0 Å². The highest BCUT2D eigenvalue weighted by Crippen LogP contribution is 2.38. The minimum atomic E-state index is 0.546. The van der Waals surface area contributed by atoms with Gasteiger partial charge in [0.2, 0.25) is 0 Å². The third-order valence-corrected chi connectivity index (χ3v) is 5.95. The van der Waals surface area contributed by atoms with Crippen LogP contribution in [0.4, 0.5) is 0 Å². The van der Waals surface area contributed by atoms with Crippen molar-refractivity contribution in [3.05, 3.63) is 0 Å². The fourth-order valence-corrected chi connectivity index (χ4v) is 4.11. The second-order valence-electron chi connectivity index (χ2n) is 6.69. The number of rotatable bonds is 2. The summed E-state index contributed by atoms with van der Waals surface area (Å²) in [4.78, 5) is 0. The van der Waals surface area contributed by atoms with Crippen LogP contribution in [-0.2, 0) is 4.74 Å². The van der Waals surface area contributed by atoms with Gasteiger partial charge in [-0.25, -0.2) is 0 Å². The van der Waals surface area contributed by atoms with E-state index in [4.69, 9.17) is 4.74 Å². The smallest absolute Gasteiger partial charge is 0.0696 e. The van der Waals surface area contributed by atoms with Crippen LogP contribution in [-0.4, -0.2) is 16.1 Å². The molecular formula is C15H27IO. The van der Waals surface area contributed by atoms with Gasteiger partial charge in [-0.1, -0.05) is 55.7 Å². The first-order valence-corrected chi connectivity index (χ1v) is 8.61. The van der Waals surface area contributed by atoms with Crippen molar-refractivity contribution in [3.63, 3.8) is 0 Å². The molecule has 2 aliphatic rings. The van der Waals surface area contributed by atoms with Gasteiger partial charge >= 0.3 is 0 Å². The molecule has 2 rings (SSSR count). The maximum Gasteiger partial charge on any atom is 0.0696 e. The normalized spacial score (nSPS) is 35.5. The zero-order valence-electron chi connectivity index (χ0n) is 11.4. The van der Waals surface area contributed by atoms with Gasteiger partial charge in [0.25, 0.3) is 0 Å². The highest BCUT2D eigenvalue weighted by Gasteiger charge is 2.30. The van der Waals surface area contributed by atoms with Gasteiger partial charge in [0.1, 0.15) is 0 Å². The maximum absolute atomic E-state index is 6.41. The van der Waals surface area contributed by atoms with E-state index in [1.165, 1.54) is 57.8 Å². The second-order valence-corrected chi connectivity index (χ2v) is 8.29. The summed E-state index contributed by atoms with van der Waals surface area (Å²) < 4.78 is 7.16. The van der Waals surface area contributed by atoms with E-state index in [9.17, 15) is 0 Å². The van der Waals surface area contributed by atoms with Crippen molar-refractivity contribution in [3.8, 4) is 0 Å². The highest BCUT2D eigenvalue weighted by molar-refractivity contribution is 14.1. The average molecular weight is 350 g/mol. The molecule has 0 bridgehead atoms. The Bertz CT molecular complexity index is 229. The Kier molecular flexibility index (Phi) is 5.17. The van der Waals surface area contributed by atoms with E-state index in [1.54, 1.807) is 0 Å². The van der Waals surface area contributed by atoms with Crippen LogP contribution in [0.1, 0.15) is 71.6 Å². The summed E-state index contributed by atoms with van der Waals surface area (Å²) in [5, 5.41) is 0. The zero-order chi connectivity index (χ0) is 12.3. The second kappa shape index (κ2) is 6.23. The predicted molar refractivity (Wildman–Crippen MR) is 81.8 cm³/mol. The van der Waals surface area contributed by atoms with Crippen molar-refractivity contribution in [2.24, 2.45) is 5.41 Å². The molecule has 2 unspecified atom stereocenters. The minimum Gasteiger partial charge on any atom is -0.374 e. The van der Waals surface area contributed by atoms with E-state index < -0.39 is 0 Å². The SMILES string of the molecule is CC1(C)CCC(OC2CCCCCC2I)CC1. The van der Waals surface area contributed by atoms with Gasteiger partial charge in [0.15, 0.2) is 0 Å². The summed E-state index contributed by atoms with van der Waals surface area (Å²) >= 11 is 2.62. The summed E-state index contributed by atoms with van der Waals surface area (Å²) in [5.74, 6) is 0. The van der Waals surface area contributed by atoms with Gasteiger partial charge in [0, 0.05) is 3.92 Å². The van der Waals surface area contributed by atoms with E-state index >= 15 is 0 Å². The largest absolute Gasteiger partial charge is 0.374 e. The lowest BCUT2D eigenvalue weighted by Gasteiger charge is -2.36. The molecular weight excluding hydrogens is 323 g/mol. The molecule has 2 saturated carbocycles. The molecule has 0 N–H and O–H groups in total. The molecule has 0 spiro atoms. The molecule has 100 valence electrons. The first-order chi connectivity index (χ1) is 8.07. The summed E-state index contributed by atoms with van der Waals surface area (Å²) in [7, 11) is 0. The molecule has 0 heterocycles. The molecule has 2 aliphatic carbocycles. The fourth-order valence-electron chi connectivity index (χ4n) is 3.14. The third-order valence-electron chi connectivity index (χ3n) is 4.53. The van der Waals surface area contributed by atoms with Crippen LogP contribution in [0.25, 0.3) is 0 Å². The molecule has 2 fully saturated rings. The molecule has 17 heavy (non-hydrogen) atoms. The Morgan fingerprint density at radius 1 is 0.941 bits per heavy atom. The maximum atomic E-state index is 6.41. The Morgan fingerprint density at radius 2 is 1.59 bits per heavy atom. The first kappa shape index (κ1) is 14.1. The van der Waals surface area contributed by atoms with Gasteiger partial charge in [0.05, 0.1) is 12.2 Å². The molecule has 0 aromatic heterocycles. The van der Waals surface area contributed by atoms with Crippen molar-refractivity contribution in [1.29, 1.82) is 0 Å². The van der Waals surface area contributed by atoms with Crippen LogP contribution >= 0.6 is 22.6 Å². The van der Waals surface area contributed by atoms with Crippen LogP contribution in [0.5, 0.6) is 0 Å². The minimum absolute atomic E-state index is 0.546. The summed E-state index contributed by atoms with van der Waals surface area (Å²) in [6, 6.07) is 0. The molecule has 0 aliphatic heterocycles. The van der Waals surface area contributed by atoms with Gasteiger partial charge in [-0.2, -0.15) is 0 Å². The van der Waals surface area contributed by atoms with Crippen LogP contribution in [0, 0.1) is 5.41 Å². The summed E-state index contributed by atoms with van der Waals surface area (Å²) in [5.41, 5.74) is 0.563. The Balaban J connectivity index is 1.80. The Hall–Kier alpha value is 0.690. The van der Waals surface area contributed by atoms with Crippen molar-refractivity contribution in [2.45, 2.75) is 87.8 Å². The summed E-state index contributed by atoms with van der Waals surface area (Å²) in [6.07, 6.45) is 13.2. The Labute approximate surface area is 120 Å². The topological polar surface area (TPSA) is 9.23 Å². The van der Waals surface area contributed by atoms with Crippen molar-refractivity contribution >= 4 is 22.6 Å². The number of alkyl halides is 1. The molecule has 0 radical (unpaired) electrons. The first-order valence-electron chi connectivity index (χ1n) is 7.36. The molecule has 0 aromatic rings. The van der Waals surface area contributed by atoms with Gasteiger partial charge in [-0.3, -0.25) is 0 Å². The van der Waals surface area contributed by atoms with E-state index in [-0.39, 0.29) is 0 Å². The van der Waals surface area contributed by atoms with Gasteiger partial charge in [-0.15, -0.1) is 0 Å². The van der Waals surface area contributed by atoms with E-state index in [0.717, 1.165) is 3.92 Å². The molecule has 0 amide bonds. The van der Waals surface area contributed by atoms with Crippen LogP contribution in [0.3, 0.4) is 0 Å². The Morgan fingerprint density at radius 3 is 2.29 bits per heavy atom. The van der Waals surface area contributed by atoms with Crippen LogP contribution in [0.2, 0.25) is 0 Å². The molecule has 2 heteroatoms. The van der Waals surface area contributed by atoms with E-state index in [2.05, 4.69) is 36.4 Å². The number of halogens is 1. The number of hydrogen-bond donors (Lipinski definition) is 0. The number of hydrogen-bond acceptors (Lipinski definition) is 1. The predicted octanol–water partition coefficient (Wildman–Crippen LogP) is 5.11. The lowest BCUT2D eigenvalue weighted by Crippen LogP contribution is -2.33. The van der Waals surface area contributed by atoms with E-state index in [0.29, 0.717) is 17.6 Å². The van der Waals surface area contributed by atoms with Crippen molar-refractivity contribution in [1.82, 2.24) is 0 Å². The standard InChI is InChI=1S/C15H27IO/c1-15(2)10-8-12(9-11-15)17-14-7-5-3-4-6-13(14)16/h12-14H,3-11H2,1-2H3. The third kappa shape index (κ3) is 4.38. The van der Waals surface area contributed by atoms with Crippen molar-refractivity contribution < 1.29 is 4.74 Å². The number of ether oxygens (including phenoxy) is 1. The highest BCUT2D eigenvalue weighted by atomic mass is 127. The molecule has 0 saturated heterocycles. The van der Waals surface area contributed by atoms with Gasteiger partial charge < -0.3 is 4.74 Å². The van der Waals surface area contributed by atoms with Gasteiger partial charge in [-0.05, 0) is 43.9 Å². The van der Waals surface area contributed by atoms with Crippen LogP contribution in [0.15, 0.2) is 0 Å². The fraction of sp³-hybridized carbons (Fsp3) is 1.00. The molecule has 2 atom stereocenters. The van der Waals surface area contributed by atoms with Crippen molar-refractivity contribution in [2.75, 3.05) is 0 Å². The molecule has 1 nitrogen and oxygen atoms in total. The molecule has 0 aromatic carbocycles.